The van der Waals surface area contributed by atoms with Crippen molar-refractivity contribution in [2.45, 2.75) is 19.9 Å². The lowest BCUT2D eigenvalue weighted by molar-refractivity contribution is 0.646. The number of pyridine rings is 1. The number of benzene rings is 1. The van der Waals surface area contributed by atoms with Crippen molar-refractivity contribution < 1.29 is 0 Å². The zero-order valence-electron chi connectivity index (χ0n) is 16.7. The summed E-state index contributed by atoms with van der Waals surface area (Å²) in [5.74, 6) is 2.34. The summed E-state index contributed by atoms with van der Waals surface area (Å²) in [4.78, 5) is 22.0. The van der Waals surface area contributed by atoms with E-state index in [9.17, 15) is 4.79 Å². The number of fused-ring (bicyclic) bond motifs is 2. The second-order valence-corrected chi connectivity index (χ2v) is 7.07. The number of rotatable bonds is 2. The highest BCUT2D eigenvalue weighted by molar-refractivity contribution is 5.87. The first-order valence-corrected chi connectivity index (χ1v) is 9.42. The molecule has 0 aliphatic carbocycles. The lowest BCUT2D eigenvalue weighted by Gasteiger charge is -2.11. The minimum absolute atomic E-state index is 0. The van der Waals surface area contributed by atoms with Crippen molar-refractivity contribution in [3.05, 3.63) is 58.5 Å². The predicted molar refractivity (Wildman–Crippen MR) is 121 cm³/mol. The number of aryl methyl sites for hydroxylation is 2. The molecule has 1 aromatic carbocycles. The third-order valence-corrected chi connectivity index (χ3v) is 5.22. The minimum Gasteiger partial charge on any atom is -0.333 e. The molecule has 4 aromatic rings. The fraction of sp³-hybridized carbons (Fsp3) is 0.300. The van der Waals surface area contributed by atoms with Crippen molar-refractivity contribution in [2.75, 3.05) is 13.1 Å². The van der Waals surface area contributed by atoms with Crippen LogP contribution in [0.4, 0.5) is 0 Å². The van der Waals surface area contributed by atoms with Crippen molar-refractivity contribution in [3.8, 4) is 17.2 Å². The Morgan fingerprint density at radius 1 is 1.10 bits per heavy atom. The number of nitrogens with zero attached hydrogens (tertiary/aromatic N) is 6. The summed E-state index contributed by atoms with van der Waals surface area (Å²) < 4.78 is 5.57. The monoisotopic (exact) mass is 447 g/mol. The lowest BCUT2D eigenvalue weighted by Crippen LogP contribution is -2.18. The Labute approximate surface area is 185 Å². The van der Waals surface area contributed by atoms with Gasteiger partial charge in [0.15, 0.2) is 5.82 Å². The molecule has 10 heteroatoms. The Bertz CT molecular complexity index is 1230. The fourth-order valence-electron chi connectivity index (χ4n) is 3.80. The average molecular weight is 448 g/mol. The van der Waals surface area contributed by atoms with Crippen molar-refractivity contribution >= 4 is 35.7 Å². The summed E-state index contributed by atoms with van der Waals surface area (Å²) in [7, 11) is 1.78. The number of halogens is 2. The third kappa shape index (κ3) is 3.62. The average Bonchev–Trinajstić information content (AvgIpc) is 3.21. The van der Waals surface area contributed by atoms with Crippen LogP contribution in [0.25, 0.3) is 28.1 Å². The molecule has 158 valence electrons. The summed E-state index contributed by atoms with van der Waals surface area (Å²) in [5, 5.41) is 8.93. The van der Waals surface area contributed by atoms with Gasteiger partial charge in [0, 0.05) is 50.8 Å². The van der Waals surface area contributed by atoms with Gasteiger partial charge in [0.05, 0.1) is 11.2 Å². The summed E-state index contributed by atoms with van der Waals surface area (Å²) in [6.45, 7) is 4.58. The molecule has 1 aliphatic heterocycles. The molecule has 8 nitrogen and oxygen atoms in total. The molecule has 0 saturated heterocycles. The highest BCUT2D eigenvalue weighted by atomic mass is 35.5. The molecule has 0 bridgehead atoms. The zero-order chi connectivity index (χ0) is 19.3. The largest absolute Gasteiger partial charge is 0.333 e. The molecule has 0 amide bonds. The molecular weight excluding hydrogens is 425 g/mol. The Morgan fingerprint density at radius 3 is 2.73 bits per heavy atom. The Morgan fingerprint density at radius 2 is 1.90 bits per heavy atom. The smallest absolute Gasteiger partial charge is 0.252 e. The van der Waals surface area contributed by atoms with Gasteiger partial charge in [-0.3, -0.25) is 4.79 Å². The molecule has 5 rings (SSSR count). The normalized spacial score (nSPS) is 13.3. The van der Waals surface area contributed by atoms with Crippen molar-refractivity contribution in [1.29, 1.82) is 0 Å². The van der Waals surface area contributed by atoms with Gasteiger partial charge in [-0.2, -0.15) is 5.10 Å². The van der Waals surface area contributed by atoms with Gasteiger partial charge in [0.2, 0.25) is 0 Å². The van der Waals surface area contributed by atoms with Crippen LogP contribution in [0.1, 0.15) is 11.6 Å². The van der Waals surface area contributed by atoms with Gasteiger partial charge in [-0.15, -0.1) is 24.8 Å². The van der Waals surface area contributed by atoms with E-state index in [2.05, 4.69) is 20.0 Å². The second-order valence-electron chi connectivity index (χ2n) is 7.07. The number of para-hydroxylation sites is 1. The van der Waals surface area contributed by atoms with Gasteiger partial charge in [0.1, 0.15) is 17.3 Å². The van der Waals surface area contributed by atoms with E-state index in [1.54, 1.807) is 22.4 Å². The van der Waals surface area contributed by atoms with E-state index in [0.29, 0.717) is 11.6 Å². The summed E-state index contributed by atoms with van der Waals surface area (Å²) >= 11 is 0. The first kappa shape index (κ1) is 22.0. The second kappa shape index (κ2) is 8.59. The van der Waals surface area contributed by atoms with Gasteiger partial charge >= 0.3 is 0 Å². The van der Waals surface area contributed by atoms with E-state index in [1.165, 1.54) is 0 Å². The predicted octanol–water partition coefficient (Wildman–Crippen LogP) is 2.28. The van der Waals surface area contributed by atoms with Crippen LogP contribution in [0.2, 0.25) is 0 Å². The zero-order valence-corrected chi connectivity index (χ0v) is 18.3. The van der Waals surface area contributed by atoms with Crippen LogP contribution in [-0.2, 0) is 20.0 Å². The standard InChI is InChI=1S/C20H21N7O.2ClH/c1-13-22-20(15-12-26-10-9-21-8-7-18(26)23-15)27(24-13)17-11-19(28)25(2)16-6-4-3-5-14(16)17;;/h3-6,11-12,21H,7-10H2,1-2H3;2*1H. The van der Waals surface area contributed by atoms with Gasteiger partial charge in [0.25, 0.3) is 5.56 Å². The molecule has 1 N–H and O–H groups in total. The number of imidazole rings is 1. The Kier molecular flexibility index (Phi) is 6.30. The molecule has 0 unspecified atom stereocenters. The van der Waals surface area contributed by atoms with E-state index in [1.807, 2.05) is 37.4 Å². The van der Waals surface area contributed by atoms with Crippen molar-refractivity contribution in [2.24, 2.45) is 7.05 Å². The molecular formula is C20H23Cl2N7O. The summed E-state index contributed by atoms with van der Waals surface area (Å²) in [5.41, 5.74) is 2.27. The molecule has 0 spiro atoms. The fourth-order valence-corrected chi connectivity index (χ4v) is 3.80. The maximum Gasteiger partial charge on any atom is 0.252 e. The van der Waals surface area contributed by atoms with Crippen molar-refractivity contribution in [3.63, 3.8) is 0 Å². The van der Waals surface area contributed by atoms with E-state index < -0.39 is 0 Å². The highest BCUT2D eigenvalue weighted by Crippen LogP contribution is 2.25. The minimum atomic E-state index is -0.0838. The van der Waals surface area contributed by atoms with Crippen LogP contribution in [0, 0.1) is 6.92 Å². The molecule has 0 saturated carbocycles. The van der Waals surface area contributed by atoms with E-state index >= 15 is 0 Å². The van der Waals surface area contributed by atoms with Gasteiger partial charge in [-0.05, 0) is 13.0 Å². The van der Waals surface area contributed by atoms with Gasteiger partial charge in [-0.1, -0.05) is 18.2 Å². The molecule has 30 heavy (non-hydrogen) atoms. The van der Waals surface area contributed by atoms with Crippen LogP contribution in [0.5, 0.6) is 0 Å². The molecule has 0 atom stereocenters. The first-order chi connectivity index (χ1) is 13.6. The number of aromatic nitrogens is 6. The SMILES string of the molecule is Cc1nc(-c2cn3c(n2)CCNCC3)n(-c2cc(=O)n(C)c3ccccc23)n1.Cl.Cl. The summed E-state index contributed by atoms with van der Waals surface area (Å²) in [6, 6.07) is 9.45. The third-order valence-electron chi connectivity index (χ3n) is 5.22. The lowest BCUT2D eigenvalue weighted by atomic mass is 10.2. The topological polar surface area (TPSA) is 82.6 Å². The molecule has 0 radical (unpaired) electrons. The van der Waals surface area contributed by atoms with Gasteiger partial charge < -0.3 is 14.5 Å². The van der Waals surface area contributed by atoms with E-state index in [0.717, 1.165) is 54.2 Å². The Hall–Kier alpha value is -2.68. The van der Waals surface area contributed by atoms with Crippen LogP contribution < -0.4 is 10.9 Å². The number of hydrogen-bond acceptors (Lipinski definition) is 5. The van der Waals surface area contributed by atoms with Crippen LogP contribution in [-0.4, -0.2) is 42.0 Å². The Balaban J connectivity index is 0.00000128. The number of hydrogen-bond donors (Lipinski definition) is 1. The molecule has 3 aromatic heterocycles. The molecule has 4 heterocycles. The van der Waals surface area contributed by atoms with E-state index in [4.69, 9.17) is 4.98 Å². The van der Waals surface area contributed by atoms with Gasteiger partial charge in [-0.25, -0.2) is 14.6 Å². The quantitative estimate of drug-likeness (QED) is 0.509. The molecule has 0 fully saturated rings. The molecule has 1 aliphatic rings. The van der Waals surface area contributed by atoms with Crippen LogP contribution in [0.3, 0.4) is 0 Å². The maximum atomic E-state index is 12.6. The number of nitrogens with one attached hydrogen (secondary N) is 1. The van der Waals surface area contributed by atoms with E-state index in [-0.39, 0.29) is 30.4 Å². The van der Waals surface area contributed by atoms with Crippen LogP contribution >= 0.6 is 24.8 Å². The summed E-state index contributed by atoms with van der Waals surface area (Å²) in [6.07, 6.45) is 2.91. The first-order valence-electron chi connectivity index (χ1n) is 9.42. The van der Waals surface area contributed by atoms with Crippen LogP contribution in [0.15, 0.2) is 41.3 Å². The maximum absolute atomic E-state index is 12.6. The van der Waals surface area contributed by atoms with Crippen molar-refractivity contribution in [1.82, 2.24) is 34.2 Å². The highest BCUT2D eigenvalue weighted by Gasteiger charge is 2.20.